The molecule has 158 valence electrons. The second kappa shape index (κ2) is 9.77. The largest absolute Gasteiger partial charge is 0.387 e. The molecule has 1 unspecified atom stereocenters. The number of amides is 1. The van der Waals surface area contributed by atoms with Crippen LogP contribution >= 0.6 is 0 Å². The summed E-state index contributed by atoms with van der Waals surface area (Å²) in [5.41, 5.74) is 9.72. The van der Waals surface area contributed by atoms with Gasteiger partial charge in [-0.15, -0.1) is 0 Å². The molecule has 0 radical (unpaired) electrons. The van der Waals surface area contributed by atoms with E-state index in [1.165, 1.54) is 6.20 Å². The van der Waals surface area contributed by atoms with E-state index in [0.29, 0.717) is 42.2 Å². The van der Waals surface area contributed by atoms with Crippen LogP contribution in [0.25, 0.3) is 17.2 Å². The van der Waals surface area contributed by atoms with Gasteiger partial charge in [-0.3, -0.25) is 9.78 Å². The van der Waals surface area contributed by atoms with Gasteiger partial charge >= 0.3 is 0 Å². The molecule has 1 amide bonds. The molecule has 0 saturated carbocycles. The van der Waals surface area contributed by atoms with E-state index in [0.717, 1.165) is 24.0 Å². The molecule has 0 bridgehead atoms. The number of amidine groups is 1. The van der Waals surface area contributed by atoms with E-state index in [4.69, 9.17) is 5.73 Å². The Balaban J connectivity index is 1.98. The normalized spacial score (nSPS) is 14.2. The Labute approximate surface area is 179 Å². The van der Waals surface area contributed by atoms with Gasteiger partial charge in [-0.2, -0.15) is 0 Å². The fourth-order valence-corrected chi connectivity index (χ4v) is 3.82. The smallest absolute Gasteiger partial charge is 0.250 e. The molecule has 0 aliphatic carbocycles. The SMILES string of the molecule is CCCN(CCC)C(=O)C1=Cc2ccc(-c3cncc(S(=O)O)c3)cc2N=C(N)C1. The van der Waals surface area contributed by atoms with Crippen LogP contribution in [0.5, 0.6) is 0 Å². The monoisotopic (exact) mass is 426 g/mol. The summed E-state index contributed by atoms with van der Waals surface area (Å²) in [5, 5.41) is 0. The number of fused-ring (bicyclic) bond motifs is 1. The number of nitrogens with two attached hydrogens (primary N) is 1. The standard InChI is InChI=1S/C22H26N4O3S/c1-3-7-26(8-4-2)22(27)17-9-16-6-5-15(11-20(16)25-21(23)12-17)18-10-19(30(28)29)14-24-13-18/h5-6,9-11,13-14H,3-4,7-8,12H2,1-2H3,(H2,23,25)(H,28,29). The molecular formula is C22H26N4O3S. The number of carbonyl (C=O) groups excluding carboxylic acids is 1. The molecule has 1 aromatic carbocycles. The van der Waals surface area contributed by atoms with E-state index in [-0.39, 0.29) is 10.8 Å². The minimum absolute atomic E-state index is 0.00361. The molecule has 8 heteroatoms. The molecular weight excluding hydrogens is 400 g/mol. The molecule has 0 spiro atoms. The Morgan fingerprint density at radius 1 is 1.17 bits per heavy atom. The molecule has 7 nitrogen and oxygen atoms in total. The van der Waals surface area contributed by atoms with Crippen LogP contribution in [0.2, 0.25) is 0 Å². The highest BCUT2D eigenvalue weighted by Crippen LogP contribution is 2.32. The van der Waals surface area contributed by atoms with Crippen LogP contribution < -0.4 is 5.73 Å². The van der Waals surface area contributed by atoms with Gasteiger partial charge in [0.1, 0.15) is 5.84 Å². The van der Waals surface area contributed by atoms with E-state index in [9.17, 15) is 13.6 Å². The first-order valence-corrected chi connectivity index (χ1v) is 11.1. The molecule has 2 heterocycles. The van der Waals surface area contributed by atoms with Crippen LogP contribution in [0.4, 0.5) is 5.69 Å². The van der Waals surface area contributed by atoms with E-state index < -0.39 is 11.1 Å². The van der Waals surface area contributed by atoms with Gasteiger partial charge < -0.3 is 15.2 Å². The van der Waals surface area contributed by atoms with Gasteiger partial charge in [0.25, 0.3) is 0 Å². The zero-order valence-electron chi connectivity index (χ0n) is 17.2. The van der Waals surface area contributed by atoms with Gasteiger partial charge in [0.15, 0.2) is 11.1 Å². The molecule has 3 N–H and O–H groups in total. The first-order valence-electron chi connectivity index (χ1n) is 9.96. The molecule has 0 fully saturated rings. The second-order valence-electron chi connectivity index (χ2n) is 7.17. The van der Waals surface area contributed by atoms with Crippen molar-refractivity contribution in [1.82, 2.24) is 9.88 Å². The molecule has 0 saturated heterocycles. The van der Waals surface area contributed by atoms with Gasteiger partial charge in [-0.1, -0.05) is 26.0 Å². The second-order valence-corrected chi connectivity index (χ2v) is 8.14. The summed E-state index contributed by atoms with van der Waals surface area (Å²) in [6.07, 6.45) is 6.94. The quantitative estimate of drug-likeness (QED) is 0.655. The number of aliphatic imine (C=N–C) groups is 1. The van der Waals surface area contributed by atoms with Crippen LogP contribution in [0.15, 0.2) is 52.1 Å². The number of hydrogen-bond acceptors (Lipinski definition) is 5. The van der Waals surface area contributed by atoms with Crippen molar-refractivity contribution in [3.63, 3.8) is 0 Å². The third kappa shape index (κ3) is 5.01. The van der Waals surface area contributed by atoms with Gasteiger partial charge in [0.2, 0.25) is 5.91 Å². The highest BCUT2D eigenvalue weighted by atomic mass is 32.2. The predicted octanol–water partition coefficient (Wildman–Crippen LogP) is 3.75. The van der Waals surface area contributed by atoms with Crippen LogP contribution in [-0.2, 0) is 15.9 Å². The van der Waals surface area contributed by atoms with Crippen LogP contribution in [0.3, 0.4) is 0 Å². The van der Waals surface area contributed by atoms with Gasteiger partial charge in [-0.25, -0.2) is 9.20 Å². The van der Waals surface area contributed by atoms with Crippen molar-refractivity contribution in [1.29, 1.82) is 0 Å². The van der Waals surface area contributed by atoms with Crippen LogP contribution in [-0.4, -0.2) is 43.5 Å². The lowest BCUT2D eigenvalue weighted by molar-refractivity contribution is -0.127. The maximum atomic E-state index is 13.1. The van der Waals surface area contributed by atoms with E-state index in [1.54, 1.807) is 12.3 Å². The summed E-state index contributed by atoms with van der Waals surface area (Å²) in [6, 6.07) is 7.23. The summed E-state index contributed by atoms with van der Waals surface area (Å²) < 4.78 is 20.7. The van der Waals surface area contributed by atoms with Crippen molar-refractivity contribution >= 4 is 34.6 Å². The minimum atomic E-state index is -2.10. The Bertz CT molecular complexity index is 1030. The number of aromatic nitrogens is 1. The Morgan fingerprint density at radius 2 is 1.90 bits per heavy atom. The minimum Gasteiger partial charge on any atom is -0.387 e. The van der Waals surface area contributed by atoms with Gasteiger partial charge in [0, 0.05) is 48.6 Å². The Hall–Kier alpha value is -2.84. The average molecular weight is 427 g/mol. The molecule has 2 aromatic rings. The van der Waals surface area contributed by atoms with Crippen LogP contribution in [0, 0.1) is 0 Å². The summed E-state index contributed by atoms with van der Waals surface area (Å²) in [7, 11) is 0. The zero-order chi connectivity index (χ0) is 21.7. The fourth-order valence-electron chi connectivity index (χ4n) is 3.44. The number of nitrogens with zero attached hydrogens (tertiary/aromatic N) is 3. The van der Waals surface area contributed by atoms with E-state index in [2.05, 4.69) is 23.8 Å². The van der Waals surface area contributed by atoms with Crippen molar-refractivity contribution < 1.29 is 13.6 Å². The lowest BCUT2D eigenvalue weighted by Crippen LogP contribution is -2.34. The first-order chi connectivity index (χ1) is 14.4. The average Bonchev–Trinajstić information content (AvgIpc) is 2.90. The third-order valence-electron chi connectivity index (χ3n) is 4.79. The van der Waals surface area contributed by atoms with E-state index in [1.807, 2.05) is 29.2 Å². The van der Waals surface area contributed by atoms with Crippen molar-refractivity contribution in [2.75, 3.05) is 13.1 Å². The number of benzene rings is 1. The molecule has 1 aromatic heterocycles. The summed E-state index contributed by atoms with van der Waals surface area (Å²) in [6.45, 7) is 5.53. The maximum absolute atomic E-state index is 13.1. The number of carbonyl (C=O) groups is 1. The Morgan fingerprint density at radius 3 is 2.57 bits per heavy atom. The summed E-state index contributed by atoms with van der Waals surface area (Å²) in [5.74, 6) is 0.373. The number of rotatable bonds is 7. The van der Waals surface area contributed by atoms with Crippen molar-refractivity contribution in [2.24, 2.45) is 10.7 Å². The molecule has 1 aliphatic rings. The lowest BCUT2D eigenvalue weighted by atomic mass is 10.0. The first kappa shape index (κ1) is 21.9. The highest BCUT2D eigenvalue weighted by Gasteiger charge is 2.21. The maximum Gasteiger partial charge on any atom is 0.250 e. The number of hydrogen-bond donors (Lipinski definition) is 2. The molecule has 1 aliphatic heterocycles. The van der Waals surface area contributed by atoms with Crippen molar-refractivity contribution in [2.45, 2.75) is 38.0 Å². The summed E-state index contributed by atoms with van der Waals surface area (Å²) in [4.78, 5) is 23.7. The lowest BCUT2D eigenvalue weighted by Gasteiger charge is -2.22. The molecule has 30 heavy (non-hydrogen) atoms. The van der Waals surface area contributed by atoms with Crippen molar-refractivity contribution in [3.05, 3.63) is 47.8 Å². The molecule has 3 rings (SSSR count). The fraction of sp³-hybridized carbons (Fsp3) is 0.318. The van der Waals surface area contributed by atoms with Gasteiger partial charge in [-0.05, 0) is 36.6 Å². The van der Waals surface area contributed by atoms with Gasteiger partial charge in [0.05, 0.1) is 10.6 Å². The highest BCUT2D eigenvalue weighted by molar-refractivity contribution is 7.79. The number of pyridine rings is 1. The third-order valence-corrected chi connectivity index (χ3v) is 5.42. The Kier molecular flexibility index (Phi) is 7.12. The predicted molar refractivity (Wildman–Crippen MR) is 120 cm³/mol. The summed E-state index contributed by atoms with van der Waals surface area (Å²) >= 11 is -2.10. The molecule has 1 atom stereocenters. The zero-order valence-corrected chi connectivity index (χ0v) is 18.0. The van der Waals surface area contributed by atoms with E-state index >= 15 is 0 Å². The topological polar surface area (TPSA) is 109 Å². The van der Waals surface area contributed by atoms with Crippen LogP contribution in [0.1, 0.15) is 38.7 Å². The van der Waals surface area contributed by atoms with Crippen molar-refractivity contribution in [3.8, 4) is 11.1 Å².